The van der Waals surface area contributed by atoms with Gasteiger partial charge in [0.1, 0.15) is 5.75 Å². The van der Waals surface area contributed by atoms with Crippen LogP contribution in [-0.4, -0.2) is 19.6 Å². The molecule has 1 unspecified atom stereocenters. The molecule has 0 aliphatic heterocycles. The van der Waals surface area contributed by atoms with E-state index in [4.69, 9.17) is 4.74 Å². The highest BCUT2D eigenvalue weighted by molar-refractivity contribution is 5.96. The minimum Gasteiger partial charge on any atom is -0.496 e. The van der Waals surface area contributed by atoms with E-state index in [2.05, 4.69) is 59.9 Å². The predicted octanol–water partition coefficient (Wildman–Crippen LogP) is 5.39. The molecule has 0 aliphatic carbocycles. The van der Waals surface area contributed by atoms with Crippen LogP contribution in [0.5, 0.6) is 5.75 Å². The van der Waals surface area contributed by atoms with Crippen molar-refractivity contribution in [2.45, 2.75) is 55.4 Å². The van der Waals surface area contributed by atoms with Crippen LogP contribution in [0.25, 0.3) is 0 Å². The minimum atomic E-state index is -0.0486. The Morgan fingerprint density at radius 1 is 1.20 bits per heavy atom. The maximum absolute atomic E-state index is 12.7. The van der Waals surface area contributed by atoms with Gasteiger partial charge in [-0.2, -0.15) is 0 Å². The summed E-state index contributed by atoms with van der Waals surface area (Å²) in [5, 5.41) is 3.12. The average molecular weight is 346 g/mol. The minimum absolute atomic E-state index is 0.0486. The van der Waals surface area contributed by atoms with Gasteiger partial charge in [0.2, 0.25) is 0 Å². The van der Waals surface area contributed by atoms with E-state index in [1.54, 1.807) is 7.11 Å². The van der Waals surface area contributed by atoms with Gasteiger partial charge in [-0.25, -0.2) is 0 Å². The number of methoxy groups -OCH3 is 1. The first kappa shape index (κ1) is 21.3. The fourth-order valence-corrected chi connectivity index (χ4v) is 2.55. The molecule has 0 saturated heterocycles. The fourth-order valence-electron chi connectivity index (χ4n) is 2.55. The topological polar surface area (TPSA) is 38.3 Å². The highest BCUT2D eigenvalue weighted by Gasteiger charge is 2.25. The molecule has 1 rings (SSSR count). The average Bonchev–Trinajstić information content (AvgIpc) is 2.48. The molecular weight excluding hydrogens is 310 g/mol. The van der Waals surface area contributed by atoms with Crippen molar-refractivity contribution in [3.63, 3.8) is 0 Å². The molecule has 0 aliphatic rings. The van der Waals surface area contributed by atoms with Gasteiger partial charge in [0.25, 0.3) is 5.91 Å². The normalized spacial score (nSPS) is 14.2. The van der Waals surface area contributed by atoms with E-state index < -0.39 is 0 Å². The van der Waals surface area contributed by atoms with Crippen LogP contribution in [0.15, 0.2) is 29.8 Å². The Morgan fingerprint density at radius 2 is 1.80 bits per heavy atom. The number of benzene rings is 1. The van der Waals surface area contributed by atoms with Crippen molar-refractivity contribution in [1.82, 2.24) is 5.32 Å². The van der Waals surface area contributed by atoms with E-state index in [1.807, 2.05) is 25.1 Å². The zero-order valence-corrected chi connectivity index (χ0v) is 17.4. The molecule has 25 heavy (non-hydrogen) atoms. The second kappa shape index (κ2) is 8.07. The summed E-state index contributed by atoms with van der Waals surface area (Å²) in [5.41, 5.74) is 3.10. The summed E-state index contributed by atoms with van der Waals surface area (Å²) >= 11 is 0. The van der Waals surface area contributed by atoms with Crippen molar-refractivity contribution in [3.05, 3.63) is 41.0 Å². The van der Waals surface area contributed by atoms with E-state index in [0.717, 1.165) is 11.3 Å². The van der Waals surface area contributed by atoms with Crippen LogP contribution < -0.4 is 10.1 Å². The summed E-state index contributed by atoms with van der Waals surface area (Å²) in [7, 11) is 1.62. The maximum atomic E-state index is 12.7. The van der Waals surface area contributed by atoms with Crippen molar-refractivity contribution in [3.8, 4) is 5.75 Å². The Bertz CT molecular complexity index is 630. The zero-order valence-electron chi connectivity index (χ0n) is 17.4. The maximum Gasteiger partial charge on any atom is 0.251 e. The molecule has 0 saturated carbocycles. The molecule has 0 aromatic heterocycles. The van der Waals surface area contributed by atoms with Gasteiger partial charge in [-0.05, 0) is 42.7 Å². The number of rotatable bonds is 5. The smallest absolute Gasteiger partial charge is 0.251 e. The number of amides is 1. The Labute approximate surface area is 153 Å². The molecule has 3 nitrogen and oxygen atoms in total. The molecule has 0 bridgehead atoms. The number of hydrogen-bond acceptors (Lipinski definition) is 2. The largest absolute Gasteiger partial charge is 0.496 e. The lowest BCUT2D eigenvalue weighted by Crippen LogP contribution is -2.35. The number of hydrogen-bond donors (Lipinski definition) is 1. The van der Waals surface area contributed by atoms with Gasteiger partial charge in [0, 0.05) is 17.7 Å². The first-order valence-electron chi connectivity index (χ1n) is 8.98. The number of carbonyl (C=O) groups excluding carboxylic acids is 1. The van der Waals surface area contributed by atoms with Gasteiger partial charge < -0.3 is 10.1 Å². The second-order valence-electron chi connectivity index (χ2n) is 8.92. The Balaban J connectivity index is 2.96. The Kier molecular flexibility index (Phi) is 6.87. The van der Waals surface area contributed by atoms with Crippen LogP contribution in [0.3, 0.4) is 0 Å². The third-order valence-electron chi connectivity index (χ3n) is 4.98. The van der Waals surface area contributed by atoms with Crippen LogP contribution in [0, 0.1) is 23.7 Å². The van der Waals surface area contributed by atoms with E-state index in [0.29, 0.717) is 12.1 Å². The van der Waals surface area contributed by atoms with Gasteiger partial charge >= 0.3 is 0 Å². The number of nitrogens with one attached hydrogen (secondary N) is 1. The molecule has 3 heteroatoms. The van der Waals surface area contributed by atoms with Gasteiger partial charge in [-0.15, -0.1) is 0 Å². The summed E-state index contributed by atoms with van der Waals surface area (Å²) in [6, 6.07) is 5.57. The van der Waals surface area contributed by atoms with E-state index >= 15 is 0 Å². The molecule has 1 aromatic rings. The summed E-state index contributed by atoms with van der Waals surface area (Å²) in [6.07, 6.45) is 2.32. The van der Waals surface area contributed by atoms with Crippen LogP contribution in [-0.2, 0) is 0 Å². The predicted molar refractivity (Wildman–Crippen MR) is 106 cm³/mol. The monoisotopic (exact) mass is 345 g/mol. The van der Waals surface area contributed by atoms with Crippen molar-refractivity contribution < 1.29 is 9.53 Å². The third-order valence-corrected chi connectivity index (χ3v) is 4.98. The van der Waals surface area contributed by atoms with E-state index in [1.165, 1.54) is 5.57 Å². The number of ether oxygens (including phenoxy) is 1. The molecule has 1 aromatic carbocycles. The SMILES string of the molecule is COc1cccc(C(=O)NCC(/C=C(\C)C(C)(C)C)C(C)(C)C)c1C. The quantitative estimate of drug-likeness (QED) is 0.727. The van der Waals surface area contributed by atoms with Crippen molar-refractivity contribution in [1.29, 1.82) is 0 Å². The molecule has 140 valence electrons. The van der Waals surface area contributed by atoms with Gasteiger partial charge in [-0.1, -0.05) is 59.3 Å². The summed E-state index contributed by atoms with van der Waals surface area (Å²) in [5.74, 6) is 0.956. The van der Waals surface area contributed by atoms with E-state index in [9.17, 15) is 4.79 Å². The van der Waals surface area contributed by atoms with Crippen molar-refractivity contribution in [2.75, 3.05) is 13.7 Å². The lowest BCUT2D eigenvalue weighted by molar-refractivity contribution is 0.0940. The zero-order chi connectivity index (χ0) is 19.4. The highest BCUT2D eigenvalue weighted by atomic mass is 16.5. The van der Waals surface area contributed by atoms with Crippen LogP contribution in [0.1, 0.15) is 64.4 Å². The fraction of sp³-hybridized carbons (Fsp3) is 0.591. The lowest BCUT2D eigenvalue weighted by atomic mass is 9.76. The van der Waals surface area contributed by atoms with Crippen LogP contribution >= 0.6 is 0 Å². The van der Waals surface area contributed by atoms with Crippen LogP contribution in [0.4, 0.5) is 0 Å². The van der Waals surface area contributed by atoms with Crippen LogP contribution in [0.2, 0.25) is 0 Å². The molecule has 1 amide bonds. The summed E-state index contributed by atoms with van der Waals surface area (Å²) in [6.45, 7) is 18.0. The Hall–Kier alpha value is -1.77. The summed E-state index contributed by atoms with van der Waals surface area (Å²) in [4.78, 5) is 12.7. The molecule has 1 atom stereocenters. The standard InChI is InChI=1S/C22H35NO2/c1-15(21(3,4)5)13-17(22(6,7)8)14-23-20(24)18-11-10-12-19(25-9)16(18)2/h10-13,17H,14H2,1-9H3,(H,23,24)/b15-13+. The lowest BCUT2D eigenvalue weighted by Gasteiger charge is -2.31. The molecular formula is C22H35NO2. The summed E-state index contributed by atoms with van der Waals surface area (Å²) < 4.78 is 5.32. The molecule has 0 radical (unpaired) electrons. The third kappa shape index (κ3) is 5.91. The van der Waals surface area contributed by atoms with Crippen molar-refractivity contribution in [2.24, 2.45) is 16.7 Å². The highest BCUT2D eigenvalue weighted by Crippen LogP contribution is 2.32. The number of carbonyl (C=O) groups is 1. The van der Waals surface area contributed by atoms with Crippen molar-refractivity contribution >= 4 is 5.91 Å². The van der Waals surface area contributed by atoms with E-state index in [-0.39, 0.29) is 22.7 Å². The second-order valence-corrected chi connectivity index (χ2v) is 8.92. The molecule has 0 spiro atoms. The van der Waals surface area contributed by atoms with Gasteiger partial charge in [-0.3, -0.25) is 4.79 Å². The molecule has 1 N–H and O–H groups in total. The first-order chi connectivity index (χ1) is 11.4. The first-order valence-corrected chi connectivity index (χ1v) is 8.98. The molecule has 0 fully saturated rings. The Morgan fingerprint density at radius 3 is 2.28 bits per heavy atom. The molecule has 0 heterocycles. The van der Waals surface area contributed by atoms with Gasteiger partial charge in [0.05, 0.1) is 7.11 Å². The van der Waals surface area contributed by atoms with Gasteiger partial charge in [0.15, 0.2) is 0 Å². The number of allylic oxidation sites excluding steroid dienone is 1.